The van der Waals surface area contributed by atoms with Crippen LogP contribution in [-0.2, 0) is 10.0 Å². The van der Waals surface area contributed by atoms with Gasteiger partial charge in [-0.25, -0.2) is 13.1 Å². The number of nitriles is 1. The molecule has 2 aliphatic rings. The molecule has 4 rings (SSSR count). The molecule has 1 heterocycles. The minimum absolute atomic E-state index is 0.0630. The predicted molar refractivity (Wildman–Crippen MR) is 144 cm³/mol. The van der Waals surface area contributed by atoms with Crippen LogP contribution in [0.15, 0.2) is 41.3 Å². The molecule has 38 heavy (non-hydrogen) atoms. The molecule has 12 heteroatoms. The maximum absolute atomic E-state index is 13.2. The van der Waals surface area contributed by atoms with Crippen molar-refractivity contribution >= 4 is 33.0 Å². The van der Waals surface area contributed by atoms with Gasteiger partial charge in [0.05, 0.1) is 27.1 Å². The van der Waals surface area contributed by atoms with Crippen molar-refractivity contribution < 1.29 is 18.1 Å². The number of hydrogen-bond acceptors (Lipinski definition) is 9. The molecule has 2 fully saturated rings. The Morgan fingerprint density at radius 1 is 1.18 bits per heavy atom. The predicted octanol–water partition coefficient (Wildman–Crippen LogP) is 3.17. The van der Waals surface area contributed by atoms with Gasteiger partial charge in [-0.05, 0) is 62.3 Å². The lowest BCUT2D eigenvalue weighted by molar-refractivity contribution is -0.384. The van der Waals surface area contributed by atoms with Crippen molar-refractivity contribution in [3.8, 4) is 6.07 Å². The van der Waals surface area contributed by atoms with E-state index in [-0.39, 0.29) is 33.7 Å². The summed E-state index contributed by atoms with van der Waals surface area (Å²) < 4.78 is 28.3. The maximum atomic E-state index is 13.2. The van der Waals surface area contributed by atoms with E-state index in [4.69, 9.17) is 5.26 Å². The van der Waals surface area contributed by atoms with Crippen molar-refractivity contribution in [3.05, 3.63) is 57.6 Å². The van der Waals surface area contributed by atoms with Gasteiger partial charge in [0.25, 0.3) is 21.6 Å². The number of carbonyl (C=O) groups excluding carboxylic acids is 1. The second kappa shape index (κ2) is 11.8. The quantitative estimate of drug-likeness (QED) is 0.338. The number of aryl methyl sites for hydroxylation is 1. The van der Waals surface area contributed by atoms with Crippen molar-refractivity contribution in [3.63, 3.8) is 0 Å². The molecular weight excluding hydrogens is 508 g/mol. The molecule has 3 N–H and O–H groups in total. The Morgan fingerprint density at radius 2 is 1.89 bits per heavy atom. The van der Waals surface area contributed by atoms with Crippen molar-refractivity contribution in [1.29, 1.82) is 5.26 Å². The van der Waals surface area contributed by atoms with Gasteiger partial charge >= 0.3 is 0 Å². The van der Waals surface area contributed by atoms with Crippen molar-refractivity contribution in [2.24, 2.45) is 11.8 Å². The minimum atomic E-state index is -4.38. The summed E-state index contributed by atoms with van der Waals surface area (Å²) in [4.78, 5) is 26.0. The van der Waals surface area contributed by atoms with Gasteiger partial charge in [-0.3, -0.25) is 14.9 Å². The highest BCUT2D eigenvalue weighted by Crippen LogP contribution is 2.32. The van der Waals surface area contributed by atoms with Crippen molar-refractivity contribution in [1.82, 2.24) is 10.0 Å². The van der Waals surface area contributed by atoms with E-state index in [1.54, 1.807) is 12.1 Å². The van der Waals surface area contributed by atoms with Gasteiger partial charge in [0, 0.05) is 44.7 Å². The van der Waals surface area contributed by atoms with Gasteiger partial charge in [-0.1, -0.05) is 12.1 Å². The molecule has 2 aromatic rings. The molecular formula is C26H32N6O5S. The summed E-state index contributed by atoms with van der Waals surface area (Å²) in [5, 5.41) is 27.2. The highest BCUT2D eigenvalue weighted by atomic mass is 32.2. The molecule has 0 radical (unpaired) electrons. The van der Waals surface area contributed by atoms with Crippen LogP contribution in [0.25, 0.3) is 0 Å². The number of piperazine rings is 1. The number of anilines is 2. The molecule has 0 aromatic heterocycles. The van der Waals surface area contributed by atoms with Crippen molar-refractivity contribution in [2.45, 2.75) is 37.5 Å². The van der Waals surface area contributed by atoms with Crippen LogP contribution in [0, 0.1) is 40.2 Å². The van der Waals surface area contributed by atoms with Gasteiger partial charge in [0.2, 0.25) is 0 Å². The lowest BCUT2D eigenvalue weighted by Gasteiger charge is -2.32. The van der Waals surface area contributed by atoms with E-state index in [9.17, 15) is 23.3 Å². The molecule has 0 spiro atoms. The average Bonchev–Trinajstić information content (AvgIpc) is 2.92. The van der Waals surface area contributed by atoms with Gasteiger partial charge in [-0.2, -0.15) is 5.26 Å². The monoisotopic (exact) mass is 540 g/mol. The van der Waals surface area contributed by atoms with Crippen LogP contribution < -0.4 is 20.3 Å². The summed E-state index contributed by atoms with van der Waals surface area (Å²) in [5.41, 5.74) is 1.58. The number of sulfonamides is 1. The molecule has 0 bridgehead atoms. The molecule has 1 amide bonds. The molecule has 1 aliphatic carbocycles. The van der Waals surface area contributed by atoms with Gasteiger partial charge < -0.3 is 15.5 Å². The zero-order valence-corrected chi connectivity index (χ0v) is 22.1. The molecule has 0 unspecified atom stereocenters. The summed E-state index contributed by atoms with van der Waals surface area (Å²) >= 11 is 0. The average molecular weight is 541 g/mol. The van der Waals surface area contributed by atoms with E-state index in [0.717, 1.165) is 50.4 Å². The van der Waals surface area contributed by atoms with Crippen LogP contribution in [0.2, 0.25) is 0 Å². The van der Waals surface area contributed by atoms with Crippen LogP contribution >= 0.6 is 0 Å². The first-order valence-electron chi connectivity index (χ1n) is 12.7. The van der Waals surface area contributed by atoms with Crippen molar-refractivity contribution in [2.75, 3.05) is 42.9 Å². The Morgan fingerprint density at radius 3 is 2.55 bits per heavy atom. The third kappa shape index (κ3) is 6.23. The van der Waals surface area contributed by atoms with Gasteiger partial charge in [0.1, 0.15) is 5.69 Å². The second-order valence-electron chi connectivity index (χ2n) is 9.81. The fraction of sp³-hybridized carbons (Fsp3) is 0.462. The summed E-state index contributed by atoms with van der Waals surface area (Å²) in [7, 11) is -4.38. The molecule has 1 aliphatic heterocycles. The van der Waals surface area contributed by atoms with Crippen LogP contribution in [0.5, 0.6) is 0 Å². The number of amides is 1. The molecule has 1 saturated carbocycles. The topological polar surface area (TPSA) is 157 Å². The summed E-state index contributed by atoms with van der Waals surface area (Å²) in [6.45, 7) is 5.21. The van der Waals surface area contributed by atoms with E-state index < -0.39 is 20.9 Å². The van der Waals surface area contributed by atoms with Gasteiger partial charge in [-0.15, -0.1) is 0 Å². The number of nitro benzene ring substituents is 1. The summed E-state index contributed by atoms with van der Waals surface area (Å²) in [6, 6.07) is 11.0. The fourth-order valence-corrected chi connectivity index (χ4v) is 6.10. The Kier molecular flexibility index (Phi) is 8.48. The minimum Gasteiger partial charge on any atom is -0.379 e. The third-order valence-electron chi connectivity index (χ3n) is 7.23. The zero-order valence-electron chi connectivity index (χ0n) is 21.3. The standard InChI is InChI=1S/C26H32N6O5S/c1-18-3-2-4-22(25(18)31-13-11-28-12-14-31)26(33)30-38(36,37)21-9-10-23(24(15-21)32(34)35)29-17-20-7-5-19(16-27)6-8-20/h2-4,9-10,15,19-20,28-29H,5-8,11-14,17H2,1H3,(H,30,33). The fourth-order valence-electron chi connectivity index (χ4n) is 5.12. The van der Waals surface area contributed by atoms with Crippen LogP contribution in [0.4, 0.5) is 17.1 Å². The molecule has 11 nitrogen and oxygen atoms in total. The van der Waals surface area contributed by atoms with Crippen LogP contribution in [0.1, 0.15) is 41.6 Å². The molecule has 202 valence electrons. The molecule has 0 atom stereocenters. The number of rotatable bonds is 8. The molecule has 2 aromatic carbocycles. The summed E-state index contributed by atoms with van der Waals surface area (Å²) in [6.07, 6.45) is 3.32. The van der Waals surface area contributed by atoms with Crippen LogP contribution in [-0.4, -0.2) is 52.0 Å². The number of carbonyl (C=O) groups is 1. The Bertz CT molecular complexity index is 1340. The number of nitro groups is 1. The maximum Gasteiger partial charge on any atom is 0.293 e. The SMILES string of the molecule is Cc1cccc(C(=O)NS(=O)(=O)c2ccc(NCC3CCC(C#N)CC3)c([N+](=O)[O-])c2)c1N1CCNCC1. The van der Waals surface area contributed by atoms with E-state index in [2.05, 4.69) is 21.4 Å². The smallest absolute Gasteiger partial charge is 0.293 e. The van der Waals surface area contributed by atoms with E-state index >= 15 is 0 Å². The van der Waals surface area contributed by atoms with Gasteiger partial charge in [0.15, 0.2) is 0 Å². The van der Waals surface area contributed by atoms with E-state index in [1.807, 2.05) is 17.9 Å². The first-order chi connectivity index (χ1) is 18.2. The normalized spacial score (nSPS) is 19.8. The number of benzene rings is 2. The number of hydrogen-bond donors (Lipinski definition) is 3. The number of para-hydroxylation sites is 1. The largest absolute Gasteiger partial charge is 0.379 e. The summed E-state index contributed by atoms with van der Waals surface area (Å²) in [5.74, 6) is -0.450. The Balaban J connectivity index is 1.51. The Labute approximate surface area is 222 Å². The number of nitrogens with zero attached hydrogens (tertiary/aromatic N) is 3. The Hall–Kier alpha value is -3.69. The lowest BCUT2D eigenvalue weighted by Crippen LogP contribution is -2.44. The number of nitrogens with one attached hydrogen (secondary N) is 3. The zero-order chi connectivity index (χ0) is 27.3. The first-order valence-corrected chi connectivity index (χ1v) is 14.2. The van der Waals surface area contributed by atoms with E-state index in [0.29, 0.717) is 25.3 Å². The lowest BCUT2D eigenvalue weighted by atomic mass is 9.83. The molecule has 1 saturated heterocycles. The van der Waals surface area contributed by atoms with E-state index in [1.165, 1.54) is 12.1 Å². The highest BCUT2D eigenvalue weighted by molar-refractivity contribution is 7.90. The second-order valence-corrected chi connectivity index (χ2v) is 11.5. The highest BCUT2D eigenvalue weighted by Gasteiger charge is 2.27. The third-order valence-corrected chi connectivity index (χ3v) is 8.56. The van der Waals surface area contributed by atoms with Crippen LogP contribution in [0.3, 0.4) is 0 Å². The first kappa shape index (κ1) is 27.3.